The fourth-order valence-corrected chi connectivity index (χ4v) is 2.58. The number of aryl methyl sites for hydroxylation is 1. The van der Waals surface area contributed by atoms with E-state index in [0.717, 1.165) is 12.0 Å². The fourth-order valence-electron chi connectivity index (χ4n) is 1.63. The van der Waals surface area contributed by atoms with E-state index in [1.807, 2.05) is 6.92 Å². The highest BCUT2D eigenvalue weighted by Gasteiger charge is 2.10. The van der Waals surface area contributed by atoms with Crippen LogP contribution in [0.15, 0.2) is 18.2 Å². The summed E-state index contributed by atoms with van der Waals surface area (Å²) in [5.74, 6) is 0.545. The molecule has 0 radical (unpaired) electrons. The SMILES string of the molecule is Cc1cc(F)ccc1OCCC(C)CCS(=O)(=O)Cl. The second-order valence-corrected chi connectivity index (χ2v) is 7.58. The summed E-state index contributed by atoms with van der Waals surface area (Å²) in [6.07, 6.45) is 1.24. The highest BCUT2D eigenvalue weighted by molar-refractivity contribution is 8.13. The molecule has 0 aliphatic rings. The molecule has 0 saturated carbocycles. The maximum Gasteiger partial charge on any atom is 0.232 e. The van der Waals surface area contributed by atoms with Crippen molar-refractivity contribution in [3.63, 3.8) is 0 Å². The van der Waals surface area contributed by atoms with Crippen LogP contribution in [0.25, 0.3) is 0 Å². The van der Waals surface area contributed by atoms with E-state index in [0.29, 0.717) is 18.8 Å². The number of benzene rings is 1. The molecule has 0 N–H and O–H groups in total. The van der Waals surface area contributed by atoms with E-state index in [9.17, 15) is 12.8 Å². The van der Waals surface area contributed by atoms with Gasteiger partial charge in [0.2, 0.25) is 9.05 Å². The minimum Gasteiger partial charge on any atom is -0.493 e. The van der Waals surface area contributed by atoms with Gasteiger partial charge in [-0.25, -0.2) is 12.8 Å². The predicted molar refractivity (Wildman–Crippen MR) is 74.7 cm³/mol. The maximum absolute atomic E-state index is 12.9. The molecule has 1 rings (SSSR count). The lowest BCUT2D eigenvalue weighted by atomic mass is 10.1. The Kier molecular flexibility index (Phi) is 6.07. The number of hydrogen-bond donors (Lipinski definition) is 0. The van der Waals surface area contributed by atoms with Crippen LogP contribution in [0.4, 0.5) is 4.39 Å². The maximum atomic E-state index is 12.9. The van der Waals surface area contributed by atoms with Crippen molar-refractivity contribution in [3.05, 3.63) is 29.6 Å². The van der Waals surface area contributed by atoms with E-state index >= 15 is 0 Å². The lowest BCUT2D eigenvalue weighted by Gasteiger charge is -2.12. The molecule has 3 nitrogen and oxygen atoms in total. The molecule has 0 fully saturated rings. The lowest BCUT2D eigenvalue weighted by molar-refractivity contribution is 0.280. The standard InChI is InChI=1S/C13H18ClFO3S/c1-10(6-8-19(14,16)17)5-7-18-13-4-3-12(15)9-11(13)2/h3-4,9-10H,5-8H2,1-2H3. The fraction of sp³-hybridized carbons (Fsp3) is 0.538. The van der Waals surface area contributed by atoms with Gasteiger partial charge in [0.1, 0.15) is 11.6 Å². The minimum atomic E-state index is -3.42. The van der Waals surface area contributed by atoms with Crippen molar-refractivity contribution in [2.24, 2.45) is 5.92 Å². The van der Waals surface area contributed by atoms with Crippen LogP contribution < -0.4 is 4.74 Å². The van der Waals surface area contributed by atoms with Crippen LogP contribution in [0.5, 0.6) is 5.75 Å². The van der Waals surface area contributed by atoms with Crippen molar-refractivity contribution in [1.29, 1.82) is 0 Å². The molecule has 0 saturated heterocycles. The number of hydrogen-bond acceptors (Lipinski definition) is 3. The molecule has 0 bridgehead atoms. The van der Waals surface area contributed by atoms with E-state index < -0.39 is 9.05 Å². The molecule has 0 aromatic heterocycles. The van der Waals surface area contributed by atoms with Gasteiger partial charge in [0.05, 0.1) is 12.4 Å². The van der Waals surface area contributed by atoms with Crippen molar-refractivity contribution in [2.45, 2.75) is 26.7 Å². The Morgan fingerprint density at radius 3 is 2.63 bits per heavy atom. The van der Waals surface area contributed by atoms with Crippen LogP contribution in [0.2, 0.25) is 0 Å². The van der Waals surface area contributed by atoms with Crippen molar-refractivity contribution >= 4 is 19.7 Å². The van der Waals surface area contributed by atoms with Crippen molar-refractivity contribution in [2.75, 3.05) is 12.4 Å². The summed E-state index contributed by atoms with van der Waals surface area (Å²) >= 11 is 0. The molecule has 1 aromatic rings. The molecule has 0 aliphatic heterocycles. The van der Waals surface area contributed by atoms with Crippen LogP contribution in [0, 0.1) is 18.7 Å². The third-order valence-corrected chi connectivity index (χ3v) is 4.05. The quantitative estimate of drug-likeness (QED) is 0.724. The van der Waals surface area contributed by atoms with Gasteiger partial charge in [-0.3, -0.25) is 0 Å². The summed E-state index contributed by atoms with van der Waals surface area (Å²) in [4.78, 5) is 0. The molecule has 0 heterocycles. The van der Waals surface area contributed by atoms with Crippen LogP contribution in [0.1, 0.15) is 25.3 Å². The first kappa shape index (κ1) is 16.2. The van der Waals surface area contributed by atoms with Gasteiger partial charge in [0.25, 0.3) is 0 Å². The normalized spacial score (nSPS) is 13.3. The Morgan fingerprint density at radius 2 is 2.05 bits per heavy atom. The Balaban J connectivity index is 2.33. The molecular formula is C13H18ClFO3S. The third-order valence-electron chi connectivity index (χ3n) is 2.86. The minimum absolute atomic E-state index is 0.0225. The molecule has 1 aromatic carbocycles. The zero-order chi connectivity index (χ0) is 14.5. The monoisotopic (exact) mass is 308 g/mol. The van der Waals surface area contributed by atoms with E-state index in [1.165, 1.54) is 12.1 Å². The van der Waals surface area contributed by atoms with Crippen LogP contribution in [0.3, 0.4) is 0 Å². The van der Waals surface area contributed by atoms with Gasteiger partial charge in [-0.1, -0.05) is 6.92 Å². The smallest absolute Gasteiger partial charge is 0.232 e. The zero-order valence-corrected chi connectivity index (χ0v) is 12.6. The molecule has 0 spiro atoms. The van der Waals surface area contributed by atoms with Gasteiger partial charge in [-0.05, 0) is 49.4 Å². The van der Waals surface area contributed by atoms with Gasteiger partial charge in [-0.2, -0.15) is 0 Å². The lowest BCUT2D eigenvalue weighted by Crippen LogP contribution is -2.09. The summed E-state index contributed by atoms with van der Waals surface area (Å²) in [5, 5.41) is 0. The molecule has 0 amide bonds. The molecule has 0 aliphatic carbocycles. The first-order chi connectivity index (χ1) is 8.78. The van der Waals surface area contributed by atoms with Crippen LogP contribution >= 0.6 is 10.7 Å². The van der Waals surface area contributed by atoms with E-state index in [-0.39, 0.29) is 17.5 Å². The summed E-state index contributed by atoms with van der Waals surface area (Å²) < 4.78 is 40.0. The van der Waals surface area contributed by atoms with Gasteiger partial charge in [0, 0.05) is 10.7 Å². The second-order valence-electron chi connectivity index (χ2n) is 4.68. The summed E-state index contributed by atoms with van der Waals surface area (Å²) in [5.41, 5.74) is 0.746. The number of halogens is 2. The van der Waals surface area contributed by atoms with E-state index in [4.69, 9.17) is 15.4 Å². The molecule has 6 heteroatoms. The summed E-state index contributed by atoms with van der Waals surface area (Å²) in [6, 6.07) is 4.36. The summed E-state index contributed by atoms with van der Waals surface area (Å²) in [6.45, 7) is 4.20. The highest BCUT2D eigenvalue weighted by Crippen LogP contribution is 2.19. The average Bonchev–Trinajstić information content (AvgIpc) is 2.28. The van der Waals surface area contributed by atoms with Gasteiger partial charge >= 0.3 is 0 Å². The zero-order valence-electron chi connectivity index (χ0n) is 11.0. The Hall–Kier alpha value is -0.810. The summed E-state index contributed by atoms with van der Waals surface area (Å²) in [7, 11) is 1.73. The van der Waals surface area contributed by atoms with Crippen molar-refractivity contribution in [3.8, 4) is 5.75 Å². The molecular weight excluding hydrogens is 291 g/mol. The molecule has 1 unspecified atom stereocenters. The van der Waals surface area contributed by atoms with Crippen LogP contribution in [-0.4, -0.2) is 20.8 Å². The Morgan fingerprint density at radius 1 is 1.37 bits per heavy atom. The largest absolute Gasteiger partial charge is 0.493 e. The van der Waals surface area contributed by atoms with E-state index in [1.54, 1.807) is 13.0 Å². The number of ether oxygens (including phenoxy) is 1. The number of rotatable bonds is 7. The van der Waals surface area contributed by atoms with Gasteiger partial charge in [0.15, 0.2) is 0 Å². The van der Waals surface area contributed by atoms with Gasteiger partial charge in [-0.15, -0.1) is 0 Å². The third kappa shape index (κ3) is 6.78. The van der Waals surface area contributed by atoms with Crippen molar-refractivity contribution < 1.29 is 17.5 Å². The predicted octanol–water partition coefficient (Wildman–Crippen LogP) is 3.50. The average molecular weight is 309 g/mol. The molecule has 108 valence electrons. The first-order valence-corrected chi connectivity index (χ1v) is 8.57. The van der Waals surface area contributed by atoms with Crippen LogP contribution in [-0.2, 0) is 9.05 Å². The molecule has 19 heavy (non-hydrogen) atoms. The Labute approximate surface area is 118 Å². The van der Waals surface area contributed by atoms with Crippen molar-refractivity contribution in [1.82, 2.24) is 0 Å². The second kappa shape index (κ2) is 7.10. The highest BCUT2D eigenvalue weighted by atomic mass is 35.7. The topological polar surface area (TPSA) is 43.4 Å². The van der Waals surface area contributed by atoms with E-state index in [2.05, 4.69) is 0 Å². The van der Waals surface area contributed by atoms with Gasteiger partial charge < -0.3 is 4.74 Å². The molecule has 1 atom stereocenters. The Bertz CT molecular complexity index is 517. The first-order valence-electron chi connectivity index (χ1n) is 6.09.